The summed E-state index contributed by atoms with van der Waals surface area (Å²) in [5, 5.41) is -0.769. The smallest absolute Gasteiger partial charge is 0.200 e. The van der Waals surface area contributed by atoms with Gasteiger partial charge in [-0.3, -0.25) is 0 Å². The lowest BCUT2D eigenvalue weighted by Crippen LogP contribution is -2.10. The third-order valence-electron chi connectivity index (χ3n) is 6.56. The van der Waals surface area contributed by atoms with Gasteiger partial charge in [-0.25, -0.2) is 65.9 Å². The number of fused-ring (bicyclic) bond motifs is 1. The summed E-state index contributed by atoms with van der Waals surface area (Å²) in [6, 6.07) is 0.351. The van der Waals surface area contributed by atoms with Crippen LogP contribution in [0.3, 0.4) is 0 Å². The van der Waals surface area contributed by atoms with Gasteiger partial charge in [0.05, 0.1) is 16.7 Å². The first kappa shape index (κ1) is 29.8. The van der Waals surface area contributed by atoms with Crippen molar-refractivity contribution in [3.8, 4) is 33.4 Å². The summed E-state index contributed by atoms with van der Waals surface area (Å²) >= 11 is 0. The molecular formula is C27H6F15N. The highest BCUT2D eigenvalue weighted by molar-refractivity contribution is 6.10. The molecule has 224 valence electrons. The minimum Gasteiger partial charge on any atom is -0.361 e. The number of aryl methyl sites for hydroxylation is 1. The van der Waals surface area contributed by atoms with Crippen molar-refractivity contribution in [2.24, 2.45) is 0 Å². The second kappa shape index (κ2) is 9.98. The second-order valence-corrected chi connectivity index (χ2v) is 8.90. The molecule has 0 saturated carbocycles. The minimum absolute atomic E-state index is 0.275. The highest BCUT2D eigenvalue weighted by Crippen LogP contribution is 2.51. The normalized spacial score (nSPS) is 11.7. The number of hydrogen-bond acceptors (Lipinski definition) is 0. The molecule has 0 aliphatic heterocycles. The summed E-state index contributed by atoms with van der Waals surface area (Å²) in [4.78, 5) is 2.30. The molecule has 0 unspecified atom stereocenters. The van der Waals surface area contributed by atoms with Crippen LogP contribution in [0.4, 0.5) is 65.9 Å². The zero-order valence-corrected chi connectivity index (χ0v) is 20.3. The molecule has 0 saturated heterocycles. The first-order valence-electron chi connectivity index (χ1n) is 11.2. The maximum absolute atomic E-state index is 15.2. The lowest BCUT2D eigenvalue weighted by Gasteiger charge is -2.21. The third kappa shape index (κ3) is 3.98. The molecule has 5 aromatic rings. The molecule has 0 radical (unpaired) electrons. The lowest BCUT2D eigenvalue weighted by atomic mass is 9.83. The number of aromatic amines is 1. The number of rotatable bonds is 3. The molecule has 0 amide bonds. The number of halogens is 15. The molecule has 1 N–H and O–H groups in total. The number of hydrogen-bond donors (Lipinski definition) is 1. The highest BCUT2D eigenvalue weighted by Gasteiger charge is 2.37. The molecule has 0 spiro atoms. The summed E-state index contributed by atoms with van der Waals surface area (Å²) in [7, 11) is 0. The quantitative estimate of drug-likeness (QED) is 0.116. The van der Waals surface area contributed by atoms with E-state index in [1.165, 1.54) is 0 Å². The Morgan fingerprint density at radius 2 is 0.674 bits per heavy atom. The van der Waals surface area contributed by atoms with Gasteiger partial charge in [-0.1, -0.05) is 0 Å². The molecule has 0 bridgehead atoms. The maximum atomic E-state index is 15.2. The van der Waals surface area contributed by atoms with Crippen molar-refractivity contribution < 1.29 is 65.9 Å². The zero-order chi connectivity index (χ0) is 32.0. The van der Waals surface area contributed by atoms with E-state index in [0.29, 0.717) is 6.07 Å². The summed E-state index contributed by atoms with van der Waals surface area (Å²) in [6.45, 7) is 1.05. The largest absolute Gasteiger partial charge is 0.361 e. The van der Waals surface area contributed by atoms with Crippen molar-refractivity contribution in [2.75, 3.05) is 0 Å². The molecule has 4 aromatic carbocycles. The van der Waals surface area contributed by atoms with Crippen molar-refractivity contribution in [3.05, 3.63) is 105 Å². The predicted octanol–water partition coefficient (Wildman–Crippen LogP) is 9.56. The fraction of sp³-hybridized carbons (Fsp3) is 0.0370. The molecule has 1 heterocycles. The lowest BCUT2D eigenvalue weighted by molar-refractivity contribution is 0.380. The van der Waals surface area contributed by atoms with Crippen LogP contribution in [-0.2, 0) is 0 Å². The molecule has 1 nitrogen and oxygen atoms in total. The van der Waals surface area contributed by atoms with E-state index in [1.807, 2.05) is 0 Å². The van der Waals surface area contributed by atoms with Crippen LogP contribution in [0, 0.1) is 94.2 Å². The van der Waals surface area contributed by atoms with E-state index in [0.717, 1.165) is 13.1 Å². The molecule has 0 aliphatic rings. The Bertz CT molecular complexity index is 1960. The molecule has 5 rings (SSSR count). The van der Waals surface area contributed by atoms with Gasteiger partial charge in [0.15, 0.2) is 69.8 Å². The molecular weight excluding hydrogens is 623 g/mol. The Balaban J connectivity index is 2.21. The van der Waals surface area contributed by atoms with E-state index in [-0.39, 0.29) is 5.56 Å². The summed E-state index contributed by atoms with van der Waals surface area (Å²) in [5.41, 5.74) is -12.6. The van der Waals surface area contributed by atoms with Gasteiger partial charge in [0.1, 0.15) is 0 Å². The summed E-state index contributed by atoms with van der Waals surface area (Å²) in [5.74, 6) is -41.3. The van der Waals surface area contributed by atoms with Crippen LogP contribution in [0.15, 0.2) is 12.3 Å². The van der Waals surface area contributed by atoms with Crippen molar-refractivity contribution in [1.82, 2.24) is 4.98 Å². The van der Waals surface area contributed by atoms with E-state index in [4.69, 9.17) is 0 Å². The fourth-order valence-corrected chi connectivity index (χ4v) is 4.66. The molecule has 0 aliphatic carbocycles. The van der Waals surface area contributed by atoms with Crippen LogP contribution in [0.2, 0.25) is 0 Å². The Morgan fingerprint density at radius 1 is 0.372 bits per heavy atom. The van der Waals surface area contributed by atoms with E-state index in [9.17, 15) is 39.5 Å². The average Bonchev–Trinajstić information content (AvgIpc) is 3.35. The molecule has 0 fully saturated rings. The van der Waals surface area contributed by atoms with Crippen molar-refractivity contribution in [2.45, 2.75) is 6.92 Å². The maximum Gasteiger partial charge on any atom is 0.200 e. The van der Waals surface area contributed by atoms with E-state index in [1.54, 1.807) is 0 Å². The van der Waals surface area contributed by atoms with Crippen LogP contribution in [0.5, 0.6) is 0 Å². The monoisotopic (exact) mass is 629 g/mol. The Morgan fingerprint density at radius 3 is 1.05 bits per heavy atom. The number of benzene rings is 4. The van der Waals surface area contributed by atoms with Gasteiger partial charge in [-0.15, -0.1) is 0 Å². The molecule has 0 atom stereocenters. The van der Waals surface area contributed by atoms with Gasteiger partial charge >= 0.3 is 0 Å². The van der Waals surface area contributed by atoms with Crippen LogP contribution in [0.25, 0.3) is 44.3 Å². The Kier molecular flexibility index (Phi) is 6.93. The van der Waals surface area contributed by atoms with Gasteiger partial charge in [-0.05, 0) is 24.1 Å². The van der Waals surface area contributed by atoms with Crippen LogP contribution in [-0.4, -0.2) is 4.98 Å². The van der Waals surface area contributed by atoms with E-state index in [2.05, 4.69) is 4.98 Å². The summed E-state index contributed by atoms with van der Waals surface area (Å²) in [6.07, 6.45) is 0.908. The SMILES string of the molecule is Cc1c[nH]c2cc(-c3c(F)c(F)c(F)c(F)c3F)c(-c3c(F)c(F)c(F)c(F)c3F)c(-c3c(F)c(F)c(F)c(F)c3F)c12. The molecule has 1 aromatic heterocycles. The van der Waals surface area contributed by atoms with Gasteiger partial charge in [0.25, 0.3) is 0 Å². The minimum atomic E-state index is -2.84. The molecule has 16 heteroatoms. The number of aromatic nitrogens is 1. The van der Waals surface area contributed by atoms with Crippen molar-refractivity contribution in [1.29, 1.82) is 0 Å². The Hall–Kier alpha value is -4.63. The third-order valence-corrected chi connectivity index (χ3v) is 6.56. The first-order chi connectivity index (χ1) is 20.0. The standard InChI is InChI=1S/C27H6F15N/c1-4-3-43-6-2-5(9-13(28)19(34)25(40)20(35)14(9)29)8(11-15(30)21(36)26(41)22(37)16(11)31)10(7(4)6)12-17(32)23(38)27(42)24(39)18(12)33/h2-3,43H,1H3. The van der Waals surface area contributed by atoms with Crippen LogP contribution < -0.4 is 0 Å². The van der Waals surface area contributed by atoms with Gasteiger partial charge in [0, 0.05) is 28.2 Å². The van der Waals surface area contributed by atoms with E-state index < -0.39 is 132 Å². The second-order valence-electron chi connectivity index (χ2n) is 8.90. The van der Waals surface area contributed by atoms with Crippen molar-refractivity contribution >= 4 is 10.9 Å². The highest BCUT2D eigenvalue weighted by atomic mass is 19.2. The van der Waals surface area contributed by atoms with E-state index >= 15 is 26.3 Å². The number of H-pyrrole nitrogens is 1. The topological polar surface area (TPSA) is 15.8 Å². The van der Waals surface area contributed by atoms with Crippen LogP contribution >= 0.6 is 0 Å². The van der Waals surface area contributed by atoms with Crippen molar-refractivity contribution in [3.63, 3.8) is 0 Å². The molecule has 43 heavy (non-hydrogen) atoms. The van der Waals surface area contributed by atoms with Gasteiger partial charge < -0.3 is 4.98 Å². The number of nitrogens with one attached hydrogen (secondary N) is 1. The zero-order valence-electron chi connectivity index (χ0n) is 20.3. The Labute approximate surface area is 227 Å². The summed E-state index contributed by atoms with van der Waals surface area (Å²) < 4.78 is 219. The fourth-order valence-electron chi connectivity index (χ4n) is 4.66. The van der Waals surface area contributed by atoms with Gasteiger partial charge in [0.2, 0.25) is 17.5 Å². The van der Waals surface area contributed by atoms with Gasteiger partial charge in [-0.2, -0.15) is 0 Å². The first-order valence-corrected chi connectivity index (χ1v) is 11.2. The van der Waals surface area contributed by atoms with Crippen LogP contribution in [0.1, 0.15) is 5.56 Å². The predicted molar refractivity (Wildman–Crippen MR) is 119 cm³/mol. The average molecular weight is 629 g/mol.